The van der Waals surface area contributed by atoms with Crippen LogP contribution in [0.3, 0.4) is 0 Å². The molecule has 1 saturated heterocycles. The van der Waals surface area contributed by atoms with Crippen LogP contribution in [0.25, 0.3) is 11.3 Å². The summed E-state index contributed by atoms with van der Waals surface area (Å²) in [6.45, 7) is 4.28. The highest BCUT2D eigenvalue weighted by atomic mass is 19.1. The molecule has 5 nitrogen and oxygen atoms in total. The number of piperazine rings is 1. The molecule has 1 aromatic carbocycles. The van der Waals surface area contributed by atoms with E-state index in [-0.39, 0.29) is 5.82 Å². The third-order valence-electron chi connectivity index (χ3n) is 3.49. The van der Waals surface area contributed by atoms with E-state index in [0.717, 1.165) is 49.7 Å². The molecule has 0 atom stereocenters. The fourth-order valence-corrected chi connectivity index (χ4v) is 2.29. The summed E-state index contributed by atoms with van der Waals surface area (Å²) in [5.41, 5.74) is 1.59. The van der Waals surface area contributed by atoms with Gasteiger partial charge in [0.05, 0.1) is 6.54 Å². The van der Waals surface area contributed by atoms with Gasteiger partial charge in [-0.25, -0.2) is 9.40 Å². The van der Waals surface area contributed by atoms with Crippen molar-refractivity contribution in [2.24, 2.45) is 5.84 Å². The first-order chi connectivity index (χ1) is 9.70. The lowest BCUT2D eigenvalue weighted by Crippen LogP contribution is -2.48. The van der Waals surface area contributed by atoms with Gasteiger partial charge in [0.2, 0.25) is 0 Å². The SMILES string of the molecule is NN1CCN(Cc2cc(-c3ccc(F)cc3)no2)CC1. The molecular formula is C14H17FN4O. The molecule has 0 bridgehead atoms. The molecule has 20 heavy (non-hydrogen) atoms. The van der Waals surface area contributed by atoms with E-state index >= 15 is 0 Å². The second-order valence-electron chi connectivity index (χ2n) is 5.00. The Morgan fingerprint density at radius 3 is 2.55 bits per heavy atom. The summed E-state index contributed by atoms with van der Waals surface area (Å²) in [5, 5.41) is 5.86. The van der Waals surface area contributed by atoms with E-state index in [1.807, 2.05) is 11.1 Å². The van der Waals surface area contributed by atoms with Crippen LogP contribution in [-0.4, -0.2) is 41.2 Å². The van der Waals surface area contributed by atoms with Gasteiger partial charge in [0.1, 0.15) is 11.5 Å². The monoisotopic (exact) mass is 276 g/mol. The maximum absolute atomic E-state index is 12.9. The maximum Gasteiger partial charge on any atom is 0.151 e. The molecule has 0 saturated carbocycles. The van der Waals surface area contributed by atoms with Gasteiger partial charge >= 0.3 is 0 Å². The molecule has 1 aliphatic heterocycles. The Kier molecular flexibility index (Phi) is 3.77. The Hall–Kier alpha value is -1.76. The normalized spacial score (nSPS) is 17.5. The number of nitrogens with zero attached hydrogens (tertiary/aromatic N) is 3. The standard InChI is InChI=1S/C14H17FN4O/c15-12-3-1-11(2-4-12)14-9-13(20-17-14)10-18-5-7-19(16)8-6-18/h1-4,9H,5-8,10,16H2. The van der Waals surface area contributed by atoms with Crippen molar-refractivity contribution < 1.29 is 8.91 Å². The highest BCUT2D eigenvalue weighted by Gasteiger charge is 2.16. The van der Waals surface area contributed by atoms with Crippen molar-refractivity contribution in [3.8, 4) is 11.3 Å². The van der Waals surface area contributed by atoms with Crippen molar-refractivity contribution in [1.82, 2.24) is 15.1 Å². The molecule has 2 aromatic rings. The molecule has 6 heteroatoms. The minimum absolute atomic E-state index is 0.253. The molecular weight excluding hydrogens is 259 g/mol. The second-order valence-corrected chi connectivity index (χ2v) is 5.00. The average molecular weight is 276 g/mol. The predicted molar refractivity (Wildman–Crippen MR) is 72.9 cm³/mol. The van der Waals surface area contributed by atoms with Crippen LogP contribution in [-0.2, 0) is 6.54 Å². The van der Waals surface area contributed by atoms with E-state index in [2.05, 4.69) is 10.1 Å². The number of hydrogen-bond acceptors (Lipinski definition) is 5. The van der Waals surface area contributed by atoms with Gasteiger partial charge in [0.25, 0.3) is 0 Å². The minimum atomic E-state index is -0.253. The summed E-state index contributed by atoms with van der Waals surface area (Å²) >= 11 is 0. The van der Waals surface area contributed by atoms with Gasteiger partial charge in [-0.15, -0.1) is 0 Å². The zero-order valence-electron chi connectivity index (χ0n) is 11.1. The van der Waals surface area contributed by atoms with E-state index < -0.39 is 0 Å². The predicted octanol–water partition coefficient (Wildman–Crippen LogP) is 1.47. The Labute approximate surface area is 116 Å². The highest BCUT2D eigenvalue weighted by Crippen LogP contribution is 2.20. The zero-order valence-corrected chi connectivity index (χ0v) is 11.1. The van der Waals surface area contributed by atoms with Crippen LogP contribution in [0.15, 0.2) is 34.9 Å². The van der Waals surface area contributed by atoms with Crippen molar-refractivity contribution in [3.05, 3.63) is 41.9 Å². The Bertz CT molecular complexity index is 561. The van der Waals surface area contributed by atoms with Crippen LogP contribution in [0, 0.1) is 5.82 Å². The summed E-state index contributed by atoms with van der Waals surface area (Å²) < 4.78 is 18.2. The van der Waals surface area contributed by atoms with Crippen molar-refractivity contribution in [3.63, 3.8) is 0 Å². The van der Waals surface area contributed by atoms with Gasteiger partial charge in [-0.3, -0.25) is 10.7 Å². The van der Waals surface area contributed by atoms with Crippen LogP contribution in [0.1, 0.15) is 5.76 Å². The summed E-state index contributed by atoms with van der Waals surface area (Å²) in [6, 6.07) is 8.14. The van der Waals surface area contributed by atoms with Crippen LogP contribution in [0.5, 0.6) is 0 Å². The van der Waals surface area contributed by atoms with Gasteiger partial charge in [-0.05, 0) is 24.3 Å². The molecule has 0 aliphatic carbocycles. The largest absolute Gasteiger partial charge is 0.359 e. The lowest BCUT2D eigenvalue weighted by atomic mass is 10.1. The molecule has 1 aromatic heterocycles. The molecule has 3 rings (SSSR count). The number of aromatic nitrogens is 1. The minimum Gasteiger partial charge on any atom is -0.359 e. The molecule has 1 fully saturated rings. The molecule has 0 unspecified atom stereocenters. The number of hydrazine groups is 1. The molecule has 0 spiro atoms. The van der Waals surface area contributed by atoms with E-state index in [1.165, 1.54) is 12.1 Å². The fourth-order valence-electron chi connectivity index (χ4n) is 2.29. The first-order valence-corrected chi connectivity index (χ1v) is 6.64. The number of rotatable bonds is 3. The first-order valence-electron chi connectivity index (χ1n) is 6.64. The quantitative estimate of drug-likeness (QED) is 0.860. The van der Waals surface area contributed by atoms with E-state index in [1.54, 1.807) is 12.1 Å². The van der Waals surface area contributed by atoms with Gasteiger partial charge in [-0.2, -0.15) is 0 Å². The molecule has 2 N–H and O–H groups in total. The van der Waals surface area contributed by atoms with E-state index in [4.69, 9.17) is 10.4 Å². The van der Waals surface area contributed by atoms with Crippen molar-refractivity contribution >= 4 is 0 Å². The summed E-state index contributed by atoms with van der Waals surface area (Å²) in [6.07, 6.45) is 0. The lowest BCUT2D eigenvalue weighted by Gasteiger charge is -2.30. The Morgan fingerprint density at radius 1 is 1.15 bits per heavy atom. The first kappa shape index (κ1) is 13.2. The molecule has 106 valence electrons. The van der Waals surface area contributed by atoms with E-state index in [9.17, 15) is 4.39 Å². The van der Waals surface area contributed by atoms with Gasteiger partial charge in [0, 0.05) is 37.8 Å². The topological polar surface area (TPSA) is 58.5 Å². The van der Waals surface area contributed by atoms with Crippen molar-refractivity contribution in [2.75, 3.05) is 26.2 Å². The lowest BCUT2D eigenvalue weighted by molar-refractivity contribution is 0.119. The second kappa shape index (κ2) is 5.70. The number of halogens is 1. The van der Waals surface area contributed by atoms with Crippen LogP contribution in [0.4, 0.5) is 4.39 Å². The molecule has 2 heterocycles. The Balaban J connectivity index is 1.66. The van der Waals surface area contributed by atoms with Gasteiger partial charge < -0.3 is 4.52 Å². The number of nitrogens with two attached hydrogens (primary N) is 1. The van der Waals surface area contributed by atoms with Crippen molar-refractivity contribution in [1.29, 1.82) is 0 Å². The summed E-state index contributed by atoms with van der Waals surface area (Å²) in [5.74, 6) is 6.28. The third-order valence-corrected chi connectivity index (χ3v) is 3.49. The van der Waals surface area contributed by atoms with Crippen LogP contribution < -0.4 is 5.84 Å². The summed E-state index contributed by atoms with van der Waals surface area (Å²) in [7, 11) is 0. The van der Waals surface area contributed by atoms with E-state index in [0.29, 0.717) is 0 Å². The van der Waals surface area contributed by atoms with Crippen LogP contribution in [0.2, 0.25) is 0 Å². The number of hydrogen-bond donors (Lipinski definition) is 1. The van der Waals surface area contributed by atoms with Gasteiger partial charge in [-0.1, -0.05) is 5.16 Å². The number of benzene rings is 1. The average Bonchev–Trinajstić information content (AvgIpc) is 2.91. The fraction of sp³-hybridized carbons (Fsp3) is 0.357. The molecule has 1 aliphatic rings. The third kappa shape index (κ3) is 3.04. The zero-order chi connectivity index (χ0) is 13.9. The highest BCUT2D eigenvalue weighted by molar-refractivity contribution is 5.58. The van der Waals surface area contributed by atoms with Crippen LogP contribution >= 0.6 is 0 Å². The van der Waals surface area contributed by atoms with Crippen molar-refractivity contribution in [2.45, 2.75) is 6.54 Å². The van der Waals surface area contributed by atoms with Gasteiger partial charge in [0.15, 0.2) is 5.76 Å². The smallest absolute Gasteiger partial charge is 0.151 e. The Morgan fingerprint density at radius 2 is 1.85 bits per heavy atom. The maximum atomic E-state index is 12.9. The summed E-state index contributed by atoms with van der Waals surface area (Å²) in [4.78, 5) is 2.28. The molecule has 0 amide bonds. The molecule has 0 radical (unpaired) electrons.